The third-order valence-electron chi connectivity index (χ3n) is 5.27. The molecule has 1 saturated carbocycles. The molecule has 2 aromatic heterocycles. The van der Waals surface area contributed by atoms with Gasteiger partial charge in [0.25, 0.3) is 0 Å². The van der Waals surface area contributed by atoms with Gasteiger partial charge in [-0.15, -0.1) is 0 Å². The van der Waals surface area contributed by atoms with Crippen LogP contribution >= 0.6 is 0 Å². The van der Waals surface area contributed by atoms with Gasteiger partial charge in [-0.3, -0.25) is 5.10 Å². The van der Waals surface area contributed by atoms with Crippen LogP contribution in [-0.2, 0) is 0 Å². The van der Waals surface area contributed by atoms with Crippen LogP contribution in [0.1, 0.15) is 48.9 Å². The highest BCUT2D eigenvalue weighted by Gasteiger charge is 2.30. The molecule has 1 unspecified atom stereocenters. The Morgan fingerprint density at radius 1 is 1.14 bits per heavy atom. The standard InChI is InChI=1S/C19H21FN8/c20-13-5-2-1-4-12(13)15-6-3-9-28(15)19-24-17(21)23-18(25-19)22-16-10-14(26-27-16)11-7-8-11/h1-2,4-5,10-11,15H,3,6-9H2,(H4,21,22,23,24,25,26,27). The number of aromatic nitrogens is 5. The van der Waals surface area contributed by atoms with Crippen LogP contribution in [0.5, 0.6) is 0 Å². The van der Waals surface area contributed by atoms with Gasteiger partial charge in [-0.2, -0.15) is 20.1 Å². The number of hydrogen-bond acceptors (Lipinski definition) is 7. The van der Waals surface area contributed by atoms with Crippen molar-refractivity contribution < 1.29 is 4.39 Å². The molecule has 3 aromatic rings. The molecule has 1 saturated heterocycles. The first kappa shape index (κ1) is 16.9. The molecule has 1 atom stereocenters. The summed E-state index contributed by atoms with van der Waals surface area (Å²) in [5.41, 5.74) is 7.69. The van der Waals surface area contributed by atoms with Crippen LogP contribution in [0.3, 0.4) is 0 Å². The van der Waals surface area contributed by atoms with Crippen molar-refractivity contribution in [1.82, 2.24) is 25.1 Å². The van der Waals surface area contributed by atoms with E-state index < -0.39 is 0 Å². The molecule has 2 aliphatic rings. The number of benzene rings is 1. The molecule has 9 heteroatoms. The largest absolute Gasteiger partial charge is 0.368 e. The van der Waals surface area contributed by atoms with Gasteiger partial charge >= 0.3 is 0 Å². The number of anilines is 4. The van der Waals surface area contributed by atoms with Crippen molar-refractivity contribution in [1.29, 1.82) is 0 Å². The number of nitrogen functional groups attached to an aromatic ring is 1. The number of nitrogens with two attached hydrogens (primary N) is 1. The maximum atomic E-state index is 14.3. The fraction of sp³-hybridized carbons (Fsp3) is 0.368. The zero-order valence-corrected chi connectivity index (χ0v) is 15.3. The summed E-state index contributed by atoms with van der Waals surface area (Å²) >= 11 is 0. The second-order valence-electron chi connectivity index (χ2n) is 7.30. The molecule has 0 bridgehead atoms. The topological polar surface area (TPSA) is 109 Å². The van der Waals surface area contributed by atoms with E-state index in [-0.39, 0.29) is 17.8 Å². The summed E-state index contributed by atoms with van der Waals surface area (Å²) in [4.78, 5) is 15.0. The van der Waals surface area contributed by atoms with Gasteiger partial charge in [0, 0.05) is 29.8 Å². The molecule has 0 radical (unpaired) electrons. The average molecular weight is 380 g/mol. The van der Waals surface area contributed by atoms with Gasteiger partial charge in [0.15, 0.2) is 5.82 Å². The van der Waals surface area contributed by atoms with Crippen molar-refractivity contribution in [2.75, 3.05) is 22.5 Å². The molecule has 2 fully saturated rings. The number of hydrogen-bond donors (Lipinski definition) is 3. The second-order valence-corrected chi connectivity index (χ2v) is 7.30. The SMILES string of the molecule is Nc1nc(Nc2cc(C3CC3)[nH]n2)nc(N2CCCC2c2ccccc2F)n1. The second kappa shape index (κ2) is 6.74. The van der Waals surface area contributed by atoms with Crippen LogP contribution in [0.15, 0.2) is 30.3 Å². The number of aromatic amines is 1. The Balaban J connectivity index is 1.42. The zero-order valence-electron chi connectivity index (χ0n) is 15.3. The summed E-state index contributed by atoms with van der Waals surface area (Å²) in [5.74, 6) is 1.89. The van der Waals surface area contributed by atoms with Crippen molar-refractivity contribution in [3.8, 4) is 0 Å². The number of nitrogens with one attached hydrogen (secondary N) is 2. The van der Waals surface area contributed by atoms with Crippen LogP contribution in [-0.4, -0.2) is 31.7 Å². The number of halogens is 1. The molecule has 5 rings (SSSR count). The van der Waals surface area contributed by atoms with E-state index in [1.54, 1.807) is 6.07 Å². The predicted octanol–water partition coefficient (Wildman–Crippen LogP) is 3.28. The van der Waals surface area contributed by atoms with Crippen molar-refractivity contribution in [3.05, 3.63) is 47.4 Å². The fourth-order valence-electron chi connectivity index (χ4n) is 3.76. The summed E-state index contributed by atoms with van der Waals surface area (Å²) in [5, 5.41) is 10.4. The Bertz CT molecular complexity index is 999. The Morgan fingerprint density at radius 3 is 2.82 bits per heavy atom. The third kappa shape index (κ3) is 3.23. The quantitative estimate of drug-likeness (QED) is 0.623. The lowest BCUT2D eigenvalue weighted by Gasteiger charge is -2.25. The van der Waals surface area contributed by atoms with Gasteiger partial charge < -0.3 is 16.0 Å². The van der Waals surface area contributed by atoms with Gasteiger partial charge in [-0.05, 0) is 31.7 Å². The van der Waals surface area contributed by atoms with Gasteiger partial charge in [0.1, 0.15) is 5.82 Å². The third-order valence-corrected chi connectivity index (χ3v) is 5.27. The van der Waals surface area contributed by atoms with E-state index in [9.17, 15) is 4.39 Å². The molecule has 1 aliphatic carbocycles. The van der Waals surface area contributed by atoms with Crippen molar-refractivity contribution in [3.63, 3.8) is 0 Å². The average Bonchev–Trinajstić information content (AvgIpc) is 3.23. The molecule has 8 nitrogen and oxygen atoms in total. The molecule has 1 aliphatic heterocycles. The first-order chi connectivity index (χ1) is 13.7. The Hall–Kier alpha value is -3.23. The normalized spacial score (nSPS) is 19.2. The molecule has 0 spiro atoms. The minimum absolute atomic E-state index is 0.115. The van der Waals surface area contributed by atoms with Crippen LogP contribution in [0, 0.1) is 5.82 Å². The molecular weight excluding hydrogens is 359 g/mol. The first-order valence-corrected chi connectivity index (χ1v) is 9.52. The van der Waals surface area contributed by atoms with E-state index in [0.717, 1.165) is 25.1 Å². The smallest absolute Gasteiger partial charge is 0.235 e. The van der Waals surface area contributed by atoms with Gasteiger partial charge in [0.2, 0.25) is 17.8 Å². The number of nitrogens with zero attached hydrogens (tertiary/aromatic N) is 5. The summed E-state index contributed by atoms with van der Waals surface area (Å²) in [7, 11) is 0. The Morgan fingerprint density at radius 2 is 2.00 bits per heavy atom. The van der Waals surface area contributed by atoms with Crippen molar-refractivity contribution in [2.24, 2.45) is 0 Å². The van der Waals surface area contributed by atoms with E-state index >= 15 is 0 Å². The van der Waals surface area contributed by atoms with E-state index in [1.165, 1.54) is 18.9 Å². The van der Waals surface area contributed by atoms with E-state index in [2.05, 4.69) is 30.5 Å². The monoisotopic (exact) mass is 380 g/mol. The van der Waals surface area contributed by atoms with Crippen LogP contribution < -0.4 is 16.0 Å². The lowest BCUT2D eigenvalue weighted by atomic mass is 10.0. The highest BCUT2D eigenvalue weighted by molar-refractivity contribution is 5.53. The first-order valence-electron chi connectivity index (χ1n) is 9.52. The van der Waals surface area contributed by atoms with Crippen molar-refractivity contribution in [2.45, 2.75) is 37.6 Å². The van der Waals surface area contributed by atoms with Crippen LogP contribution in [0.4, 0.5) is 28.1 Å². The van der Waals surface area contributed by atoms with E-state index in [4.69, 9.17) is 5.73 Å². The van der Waals surface area contributed by atoms with Gasteiger partial charge in [-0.1, -0.05) is 18.2 Å². The molecule has 3 heterocycles. The number of rotatable bonds is 5. The maximum Gasteiger partial charge on any atom is 0.235 e. The predicted molar refractivity (Wildman–Crippen MR) is 104 cm³/mol. The Kier molecular flexibility index (Phi) is 4.07. The minimum atomic E-state index is -0.219. The highest BCUT2D eigenvalue weighted by Crippen LogP contribution is 2.40. The molecule has 28 heavy (non-hydrogen) atoms. The molecule has 0 amide bonds. The molecule has 144 valence electrons. The highest BCUT2D eigenvalue weighted by atomic mass is 19.1. The summed E-state index contributed by atoms with van der Waals surface area (Å²) < 4.78 is 14.3. The number of H-pyrrole nitrogens is 1. The summed E-state index contributed by atoms with van der Waals surface area (Å²) in [6.07, 6.45) is 4.14. The fourth-order valence-corrected chi connectivity index (χ4v) is 3.76. The molecule has 4 N–H and O–H groups in total. The summed E-state index contributed by atoms with van der Waals surface area (Å²) in [6, 6.07) is 8.68. The minimum Gasteiger partial charge on any atom is -0.368 e. The maximum absolute atomic E-state index is 14.3. The van der Waals surface area contributed by atoms with Crippen LogP contribution in [0.2, 0.25) is 0 Å². The molecule has 1 aromatic carbocycles. The van der Waals surface area contributed by atoms with Crippen molar-refractivity contribution >= 4 is 23.7 Å². The van der Waals surface area contributed by atoms with Gasteiger partial charge in [-0.25, -0.2) is 4.39 Å². The van der Waals surface area contributed by atoms with Crippen LogP contribution in [0.25, 0.3) is 0 Å². The van der Waals surface area contributed by atoms with Gasteiger partial charge in [0.05, 0.1) is 6.04 Å². The van der Waals surface area contributed by atoms with E-state index in [0.29, 0.717) is 29.2 Å². The van der Waals surface area contributed by atoms with E-state index in [1.807, 2.05) is 23.1 Å². The lowest BCUT2D eigenvalue weighted by molar-refractivity contribution is 0.577. The summed E-state index contributed by atoms with van der Waals surface area (Å²) in [6.45, 7) is 0.732. The zero-order chi connectivity index (χ0) is 19.1. The Labute approximate surface area is 161 Å². The lowest BCUT2D eigenvalue weighted by Crippen LogP contribution is -2.26. The molecular formula is C19H21FN8.